The van der Waals surface area contributed by atoms with Crippen LogP contribution in [0.5, 0.6) is 11.5 Å². The van der Waals surface area contributed by atoms with Crippen LogP contribution < -0.4 is 15.7 Å². The first-order chi connectivity index (χ1) is 15.8. The van der Waals surface area contributed by atoms with Crippen molar-refractivity contribution in [1.29, 1.82) is 0 Å². The minimum absolute atomic E-state index is 0.0290. The molecule has 1 atom stereocenters. The first-order valence-electron chi connectivity index (χ1n) is 10.4. The maximum Gasteiger partial charge on any atom is 0.336 e. The van der Waals surface area contributed by atoms with Gasteiger partial charge in [0, 0.05) is 29.2 Å². The number of nitrogens with one attached hydrogen (secondary N) is 1. The molecule has 8 heteroatoms. The molecule has 0 saturated heterocycles. The average molecular weight is 451 g/mol. The summed E-state index contributed by atoms with van der Waals surface area (Å²) in [6.07, 6.45) is 3.51. The van der Waals surface area contributed by atoms with Gasteiger partial charge < -0.3 is 24.3 Å². The Morgan fingerprint density at radius 2 is 1.88 bits per heavy atom. The van der Waals surface area contributed by atoms with Crippen molar-refractivity contribution in [3.63, 3.8) is 0 Å². The highest BCUT2D eigenvalue weighted by molar-refractivity contribution is 5.94. The fraction of sp³-hybridized carbons (Fsp3) is 0.240. The summed E-state index contributed by atoms with van der Waals surface area (Å²) < 4.78 is 15.5. The van der Waals surface area contributed by atoms with Crippen molar-refractivity contribution in [2.75, 3.05) is 7.11 Å². The predicted molar refractivity (Wildman–Crippen MR) is 123 cm³/mol. The molecule has 0 spiro atoms. The Hall–Kier alpha value is -4.07. The van der Waals surface area contributed by atoms with Crippen LogP contribution in [0.4, 0.5) is 0 Å². The number of methoxy groups -OCH3 is 1. The lowest BCUT2D eigenvalue weighted by molar-refractivity contribution is -0.148. The summed E-state index contributed by atoms with van der Waals surface area (Å²) in [4.78, 5) is 36.4. The second-order valence-corrected chi connectivity index (χ2v) is 7.37. The van der Waals surface area contributed by atoms with Crippen molar-refractivity contribution in [2.45, 2.75) is 32.9 Å². The van der Waals surface area contributed by atoms with Crippen LogP contribution >= 0.6 is 0 Å². The fourth-order valence-electron chi connectivity index (χ4n) is 3.19. The molecule has 1 aromatic heterocycles. The lowest BCUT2D eigenvalue weighted by Gasteiger charge is -2.13. The van der Waals surface area contributed by atoms with Crippen LogP contribution in [-0.2, 0) is 27.4 Å². The average Bonchev–Trinajstić information content (AvgIpc) is 2.80. The van der Waals surface area contributed by atoms with Crippen molar-refractivity contribution in [2.24, 2.45) is 0 Å². The number of carbonyl (C=O) groups excluding carboxylic acids is 2. The highest BCUT2D eigenvalue weighted by Crippen LogP contribution is 2.27. The molecule has 2 aromatic carbocycles. The van der Waals surface area contributed by atoms with E-state index in [1.807, 2.05) is 6.92 Å². The second kappa shape index (κ2) is 10.5. The minimum Gasteiger partial charge on any atom is -0.508 e. The van der Waals surface area contributed by atoms with Gasteiger partial charge in [-0.05, 0) is 48.7 Å². The number of benzene rings is 2. The third kappa shape index (κ3) is 6.00. The van der Waals surface area contributed by atoms with Crippen LogP contribution in [-0.4, -0.2) is 30.1 Å². The number of phenols is 1. The van der Waals surface area contributed by atoms with Crippen molar-refractivity contribution in [3.05, 3.63) is 75.7 Å². The third-order valence-electron chi connectivity index (χ3n) is 5.04. The van der Waals surface area contributed by atoms with Gasteiger partial charge in [-0.2, -0.15) is 0 Å². The van der Waals surface area contributed by atoms with Crippen molar-refractivity contribution < 1.29 is 28.6 Å². The smallest absolute Gasteiger partial charge is 0.336 e. The summed E-state index contributed by atoms with van der Waals surface area (Å²) in [7, 11) is 1.57. The molecule has 8 nitrogen and oxygen atoms in total. The van der Waals surface area contributed by atoms with E-state index in [2.05, 4.69) is 5.32 Å². The Labute approximate surface area is 190 Å². The molecule has 0 saturated carbocycles. The van der Waals surface area contributed by atoms with E-state index in [4.69, 9.17) is 13.9 Å². The lowest BCUT2D eigenvalue weighted by atomic mass is 10.0. The zero-order valence-corrected chi connectivity index (χ0v) is 18.6. The van der Waals surface area contributed by atoms with E-state index in [1.165, 1.54) is 25.1 Å². The molecule has 172 valence electrons. The minimum atomic E-state index is -0.903. The van der Waals surface area contributed by atoms with E-state index in [0.29, 0.717) is 28.7 Å². The molecule has 1 amide bonds. The summed E-state index contributed by atoms with van der Waals surface area (Å²) in [5.41, 5.74) is 1.50. The lowest BCUT2D eigenvalue weighted by Crippen LogP contribution is -2.38. The molecule has 1 unspecified atom stereocenters. The first-order valence-corrected chi connectivity index (χ1v) is 10.4. The molecule has 33 heavy (non-hydrogen) atoms. The van der Waals surface area contributed by atoms with Gasteiger partial charge in [0.2, 0.25) is 5.91 Å². The van der Waals surface area contributed by atoms with Crippen LogP contribution in [0.25, 0.3) is 17.0 Å². The Morgan fingerprint density at radius 3 is 2.55 bits per heavy atom. The van der Waals surface area contributed by atoms with Gasteiger partial charge in [0.05, 0.1) is 7.11 Å². The third-order valence-corrected chi connectivity index (χ3v) is 5.04. The first kappa shape index (κ1) is 23.6. The van der Waals surface area contributed by atoms with Gasteiger partial charge in [-0.1, -0.05) is 19.1 Å². The molecule has 0 aliphatic heterocycles. The largest absolute Gasteiger partial charge is 0.508 e. The molecule has 3 aromatic rings. The van der Waals surface area contributed by atoms with E-state index in [1.54, 1.807) is 43.5 Å². The molecule has 3 rings (SSSR count). The standard InChI is InChI=1S/C25H25NO7/c1-4-17-11-20-18(12-24(29)33-22(20)13-21(17)27)14-32-25(30)15(2)26-23(28)10-7-16-5-8-19(31-3)9-6-16/h5-13,15,27H,4,14H2,1-3H3,(H,26,28)/b10-7+. The number of phenolic OH excluding ortho intramolecular Hbond substituents is 1. The summed E-state index contributed by atoms with van der Waals surface area (Å²) in [5, 5.41) is 13.1. The van der Waals surface area contributed by atoms with E-state index in [0.717, 1.165) is 5.56 Å². The van der Waals surface area contributed by atoms with Crippen LogP contribution in [0, 0.1) is 0 Å². The summed E-state index contributed by atoms with van der Waals surface area (Å²) in [6, 6.07) is 10.6. The summed E-state index contributed by atoms with van der Waals surface area (Å²) in [6.45, 7) is 3.20. The molecule has 1 heterocycles. The van der Waals surface area contributed by atoms with Crippen LogP contribution in [0.1, 0.15) is 30.5 Å². The van der Waals surface area contributed by atoms with Gasteiger partial charge in [0.15, 0.2) is 0 Å². The maximum atomic E-state index is 12.4. The van der Waals surface area contributed by atoms with Crippen LogP contribution in [0.2, 0.25) is 0 Å². The van der Waals surface area contributed by atoms with Crippen molar-refractivity contribution in [1.82, 2.24) is 5.32 Å². The molecule has 2 N–H and O–H groups in total. The molecule has 0 bridgehead atoms. The van der Waals surface area contributed by atoms with Gasteiger partial charge in [0.25, 0.3) is 0 Å². The zero-order valence-electron chi connectivity index (χ0n) is 18.6. The number of fused-ring (bicyclic) bond motifs is 1. The Kier molecular flexibility index (Phi) is 7.50. The van der Waals surface area contributed by atoms with Crippen LogP contribution in [0.3, 0.4) is 0 Å². The van der Waals surface area contributed by atoms with E-state index >= 15 is 0 Å². The van der Waals surface area contributed by atoms with E-state index in [-0.39, 0.29) is 17.9 Å². The van der Waals surface area contributed by atoms with E-state index < -0.39 is 23.5 Å². The number of aryl methyl sites for hydroxylation is 1. The number of rotatable bonds is 8. The number of hydrogen-bond donors (Lipinski definition) is 2. The predicted octanol–water partition coefficient (Wildman–Crippen LogP) is 3.33. The summed E-state index contributed by atoms with van der Waals surface area (Å²) >= 11 is 0. The number of amides is 1. The normalized spacial score (nSPS) is 12.0. The van der Waals surface area contributed by atoms with Crippen molar-refractivity contribution >= 4 is 28.9 Å². The number of esters is 1. The second-order valence-electron chi connectivity index (χ2n) is 7.37. The monoisotopic (exact) mass is 451 g/mol. The van der Waals surface area contributed by atoms with Gasteiger partial charge in [-0.15, -0.1) is 0 Å². The Morgan fingerprint density at radius 1 is 1.15 bits per heavy atom. The molecule has 0 aliphatic rings. The van der Waals surface area contributed by atoms with Crippen LogP contribution in [0.15, 0.2) is 57.8 Å². The molecule has 0 aliphatic carbocycles. The van der Waals surface area contributed by atoms with Gasteiger partial charge in [-0.3, -0.25) is 4.79 Å². The van der Waals surface area contributed by atoms with Crippen molar-refractivity contribution in [3.8, 4) is 11.5 Å². The summed E-state index contributed by atoms with van der Waals surface area (Å²) in [5.74, 6) is -0.373. The highest BCUT2D eigenvalue weighted by atomic mass is 16.5. The zero-order chi connectivity index (χ0) is 24.0. The number of carbonyl (C=O) groups is 2. The SMILES string of the molecule is CCc1cc2c(COC(=O)C(C)NC(=O)/C=C/c3ccc(OC)cc3)cc(=O)oc2cc1O. The maximum absolute atomic E-state index is 12.4. The fourth-order valence-corrected chi connectivity index (χ4v) is 3.19. The van der Waals surface area contributed by atoms with Gasteiger partial charge in [-0.25, -0.2) is 9.59 Å². The van der Waals surface area contributed by atoms with Gasteiger partial charge in [0.1, 0.15) is 29.7 Å². The molecular weight excluding hydrogens is 426 g/mol. The molecule has 0 fully saturated rings. The Balaban J connectivity index is 1.63. The van der Waals surface area contributed by atoms with Gasteiger partial charge >= 0.3 is 11.6 Å². The molecule has 0 radical (unpaired) electrons. The highest BCUT2D eigenvalue weighted by Gasteiger charge is 2.17. The number of aromatic hydroxyl groups is 1. The van der Waals surface area contributed by atoms with E-state index in [9.17, 15) is 19.5 Å². The topological polar surface area (TPSA) is 115 Å². The Bertz CT molecular complexity index is 1240. The number of hydrogen-bond acceptors (Lipinski definition) is 7. The number of ether oxygens (including phenoxy) is 2. The molecular formula is C25H25NO7. The quantitative estimate of drug-likeness (QED) is 0.307.